The van der Waals surface area contributed by atoms with Crippen molar-refractivity contribution in [1.82, 2.24) is 4.90 Å². The summed E-state index contributed by atoms with van der Waals surface area (Å²) in [7, 11) is 1.52. The molecular formula is C27H23Cl2NO5S. The van der Waals surface area contributed by atoms with Gasteiger partial charge in [-0.3, -0.25) is 14.5 Å². The fourth-order valence-electron chi connectivity index (χ4n) is 3.51. The van der Waals surface area contributed by atoms with Gasteiger partial charge >= 0.3 is 0 Å². The zero-order chi connectivity index (χ0) is 25.7. The van der Waals surface area contributed by atoms with Crippen molar-refractivity contribution >= 4 is 52.2 Å². The maximum absolute atomic E-state index is 12.9. The highest BCUT2D eigenvalue weighted by atomic mass is 35.5. The summed E-state index contributed by atoms with van der Waals surface area (Å²) >= 11 is 13.2. The van der Waals surface area contributed by atoms with Gasteiger partial charge < -0.3 is 14.2 Å². The second kappa shape index (κ2) is 11.7. The van der Waals surface area contributed by atoms with E-state index in [4.69, 9.17) is 37.4 Å². The lowest BCUT2D eigenvalue weighted by atomic mass is 10.1. The molecule has 0 aromatic heterocycles. The van der Waals surface area contributed by atoms with Crippen molar-refractivity contribution in [2.45, 2.75) is 13.5 Å². The van der Waals surface area contributed by atoms with Gasteiger partial charge in [-0.05, 0) is 77.9 Å². The van der Waals surface area contributed by atoms with E-state index in [0.717, 1.165) is 27.8 Å². The number of benzene rings is 3. The Morgan fingerprint density at radius 2 is 1.75 bits per heavy atom. The van der Waals surface area contributed by atoms with Gasteiger partial charge in [0.1, 0.15) is 19.0 Å². The molecule has 36 heavy (non-hydrogen) atoms. The summed E-state index contributed by atoms with van der Waals surface area (Å²) < 4.78 is 17.1. The van der Waals surface area contributed by atoms with E-state index in [0.29, 0.717) is 39.5 Å². The SMILES string of the molecule is COc1cc(/C=C2\SC(=O)N(CCOc3ccc(Cl)cc3)C2=O)cc(Cl)c1OCc1ccccc1C. The molecule has 1 fully saturated rings. The molecule has 1 aliphatic heterocycles. The van der Waals surface area contributed by atoms with Crippen molar-refractivity contribution in [3.8, 4) is 17.2 Å². The first-order valence-corrected chi connectivity index (χ1v) is 12.6. The Kier molecular flexibility index (Phi) is 8.46. The molecule has 0 N–H and O–H groups in total. The molecule has 4 rings (SSSR count). The molecule has 186 valence electrons. The summed E-state index contributed by atoms with van der Waals surface area (Å²) in [4.78, 5) is 26.8. The van der Waals surface area contributed by atoms with Gasteiger partial charge in [-0.25, -0.2) is 0 Å². The van der Waals surface area contributed by atoms with Crippen molar-refractivity contribution in [2.24, 2.45) is 0 Å². The van der Waals surface area contributed by atoms with Crippen molar-refractivity contribution in [3.05, 3.63) is 92.3 Å². The van der Waals surface area contributed by atoms with Gasteiger partial charge in [0.15, 0.2) is 11.5 Å². The van der Waals surface area contributed by atoms with Crippen molar-refractivity contribution < 1.29 is 23.8 Å². The Bertz CT molecular complexity index is 1310. The second-order valence-corrected chi connectivity index (χ2v) is 9.72. The molecule has 1 saturated heterocycles. The number of ether oxygens (including phenoxy) is 3. The van der Waals surface area contributed by atoms with E-state index in [1.54, 1.807) is 42.5 Å². The number of methoxy groups -OCH3 is 1. The van der Waals surface area contributed by atoms with Crippen LogP contribution in [0.25, 0.3) is 6.08 Å². The number of halogens is 2. The normalized spacial score (nSPS) is 14.4. The molecule has 1 heterocycles. The van der Waals surface area contributed by atoms with Crippen LogP contribution in [-0.4, -0.2) is 36.3 Å². The number of thioether (sulfide) groups is 1. The monoisotopic (exact) mass is 543 g/mol. The summed E-state index contributed by atoms with van der Waals surface area (Å²) in [5, 5.41) is 0.577. The maximum atomic E-state index is 12.9. The van der Waals surface area contributed by atoms with E-state index in [2.05, 4.69) is 0 Å². The van der Waals surface area contributed by atoms with Crippen molar-refractivity contribution in [2.75, 3.05) is 20.3 Å². The summed E-state index contributed by atoms with van der Waals surface area (Å²) in [6.45, 7) is 2.64. The Morgan fingerprint density at radius 3 is 2.47 bits per heavy atom. The lowest BCUT2D eigenvalue weighted by Crippen LogP contribution is -2.32. The largest absolute Gasteiger partial charge is 0.493 e. The lowest BCUT2D eigenvalue weighted by molar-refractivity contribution is -0.123. The molecule has 0 aliphatic carbocycles. The van der Waals surface area contributed by atoms with Crippen LogP contribution in [0.15, 0.2) is 65.6 Å². The van der Waals surface area contributed by atoms with Gasteiger partial charge in [-0.15, -0.1) is 0 Å². The van der Waals surface area contributed by atoms with Gasteiger partial charge in [0.05, 0.1) is 23.6 Å². The molecule has 3 aromatic carbocycles. The second-order valence-electron chi connectivity index (χ2n) is 7.89. The average Bonchev–Trinajstić information content (AvgIpc) is 3.12. The molecule has 2 amide bonds. The van der Waals surface area contributed by atoms with Gasteiger partial charge in [-0.1, -0.05) is 47.5 Å². The predicted octanol–water partition coefficient (Wildman–Crippen LogP) is 7.00. The standard InChI is InChI=1S/C27H23Cl2NO5S/c1-17-5-3-4-6-19(17)16-35-25-22(29)13-18(14-23(25)33-2)15-24-26(31)30(27(32)36-24)11-12-34-21-9-7-20(28)8-10-21/h3-10,13-15H,11-12,16H2,1-2H3/b24-15-. The number of amides is 2. The van der Waals surface area contributed by atoms with Crippen LogP contribution in [0, 0.1) is 6.92 Å². The number of carbonyl (C=O) groups excluding carboxylic acids is 2. The van der Waals surface area contributed by atoms with Crippen LogP contribution in [0.3, 0.4) is 0 Å². The molecule has 0 atom stereocenters. The zero-order valence-electron chi connectivity index (χ0n) is 19.6. The van der Waals surface area contributed by atoms with Crippen LogP contribution in [0.4, 0.5) is 4.79 Å². The summed E-state index contributed by atoms with van der Waals surface area (Å²) in [5.74, 6) is 1.05. The molecule has 6 nitrogen and oxygen atoms in total. The number of imide groups is 1. The van der Waals surface area contributed by atoms with E-state index in [-0.39, 0.29) is 29.2 Å². The maximum Gasteiger partial charge on any atom is 0.293 e. The number of hydrogen-bond acceptors (Lipinski definition) is 6. The number of carbonyl (C=O) groups is 2. The highest BCUT2D eigenvalue weighted by molar-refractivity contribution is 8.18. The van der Waals surface area contributed by atoms with Crippen LogP contribution < -0.4 is 14.2 Å². The molecule has 0 saturated carbocycles. The molecule has 0 unspecified atom stereocenters. The van der Waals surface area contributed by atoms with Crippen LogP contribution in [0.5, 0.6) is 17.2 Å². The summed E-state index contributed by atoms with van der Waals surface area (Å²) in [5.41, 5.74) is 2.76. The third-order valence-electron chi connectivity index (χ3n) is 5.45. The lowest BCUT2D eigenvalue weighted by Gasteiger charge is -2.14. The molecule has 9 heteroatoms. The summed E-state index contributed by atoms with van der Waals surface area (Å²) in [6, 6.07) is 18.2. The Labute approximate surface area is 223 Å². The van der Waals surface area contributed by atoms with E-state index in [1.807, 2.05) is 31.2 Å². The third kappa shape index (κ3) is 6.16. The van der Waals surface area contributed by atoms with Crippen molar-refractivity contribution in [3.63, 3.8) is 0 Å². The van der Waals surface area contributed by atoms with E-state index in [9.17, 15) is 9.59 Å². The van der Waals surface area contributed by atoms with Gasteiger partial charge in [-0.2, -0.15) is 0 Å². The first-order chi connectivity index (χ1) is 17.4. The minimum Gasteiger partial charge on any atom is -0.493 e. The third-order valence-corrected chi connectivity index (χ3v) is 6.89. The molecular weight excluding hydrogens is 521 g/mol. The van der Waals surface area contributed by atoms with Crippen LogP contribution in [0.2, 0.25) is 10.0 Å². The molecule has 0 radical (unpaired) electrons. The van der Waals surface area contributed by atoms with Gasteiger partial charge in [0.2, 0.25) is 0 Å². The van der Waals surface area contributed by atoms with E-state index < -0.39 is 0 Å². The minimum absolute atomic E-state index is 0.125. The number of nitrogens with zero attached hydrogens (tertiary/aromatic N) is 1. The zero-order valence-corrected chi connectivity index (χ0v) is 22.0. The smallest absolute Gasteiger partial charge is 0.293 e. The van der Waals surface area contributed by atoms with Crippen LogP contribution >= 0.6 is 35.0 Å². The van der Waals surface area contributed by atoms with Gasteiger partial charge in [0, 0.05) is 5.02 Å². The fraction of sp³-hybridized carbons (Fsp3) is 0.185. The topological polar surface area (TPSA) is 65.1 Å². The molecule has 1 aliphatic rings. The highest BCUT2D eigenvalue weighted by Crippen LogP contribution is 2.39. The van der Waals surface area contributed by atoms with Crippen LogP contribution in [-0.2, 0) is 11.4 Å². The number of rotatable bonds is 9. The van der Waals surface area contributed by atoms with Crippen molar-refractivity contribution in [1.29, 1.82) is 0 Å². The minimum atomic E-state index is -0.389. The quantitative estimate of drug-likeness (QED) is 0.270. The van der Waals surface area contributed by atoms with Crippen LogP contribution in [0.1, 0.15) is 16.7 Å². The molecule has 0 bridgehead atoms. The Morgan fingerprint density at radius 1 is 1.00 bits per heavy atom. The van der Waals surface area contributed by atoms with Gasteiger partial charge in [0.25, 0.3) is 11.1 Å². The first-order valence-electron chi connectivity index (χ1n) is 11.0. The predicted molar refractivity (Wildman–Crippen MR) is 143 cm³/mol. The number of aryl methyl sites for hydroxylation is 1. The van der Waals surface area contributed by atoms with E-state index in [1.165, 1.54) is 7.11 Å². The highest BCUT2D eigenvalue weighted by Gasteiger charge is 2.35. The average molecular weight is 544 g/mol. The fourth-order valence-corrected chi connectivity index (χ4v) is 4.78. The van der Waals surface area contributed by atoms with E-state index >= 15 is 0 Å². The molecule has 0 spiro atoms. The summed E-state index contributed by atoms with van der Waals surface area (Å²) in [6.07, 6.45) is 1.62. The first kappa shape index (κ1) is 25.9. The number of hydrogen-bond donors (Lipinski definition) is 0. The molecule has 3 aromatic rings. The Balaban J connectivity index is 1.44. The Hall–Kier alpha value is -3.13.